The molecular formula is C96H162CaO14S2. The number of benzene rings is 2. The van der Waals surface area contributed by atoms with Crippen molar-refractivity contribution in [3.05, 3.63) is 107 Å². The van der Waals surface area contributed by atoms with E-state index in [9.17, 15) is 45.1 Å². The monoisotopic (exact) mass is 1640 g/mol. The van der Waals surface area contributed by atoms with E-state index >= 15 is 0 Å². The minimum Gasteiger partial charge on any atom is -0.744 e. The van der Waals surface area contributed by atoms with Crippen LogP contribution in [-0.2, 0) is 39.2 Å². The van der Waals surface area contributed by atoms with E-state index in [1.807, 2.05) is 0 Å². The minimum atomic E-state index is -4.82. The summed E-state index contributed by atoms with van der Waals surface area (Å²) in [5.74, 6) is -3.10. The van der Waals surface area contributed by atoms with E-state index in [-0.39, 0.29) is 86.4 Å². The maximum absolute atomic E-state index is 12.9. The van der Waals surface area contributed by atoms with Gasteiger partial charge in [-0.05, 0) is 165 Å². The Hall–Kier alpha value is -3.64. The Bertz CT molecular complexity index is 2740. The third-order valence-electron chi connectivity index (χ3n) is 21.0. The predicted octanol–water partition coefficient (Wildman–Crippen LogP) is 28.7. The fraction of sp³-hybridized carbons (Fsp3) is 0.750. The average Bonchev–Trinajstić information content (AvgIpc) is 0.814. The fourth-order valence-electron chi connectivity index (χ4n) is 13.8. The summed E-state index contributed by atoms with van der Waals surface area (Å²) in [7, 11) is -9.64. The Morgan fingerprint density at radius 3 is 0.558 bits per heavy atom. The SMILES string of the molecule is CCCCCCCC/C=C/CCCCCCCCCCOC(=O)c1ccc(S(=O)(=O)[O-])cc1C(=O)OCCCCCCCCCC/C=C/CCCCCCCC.CCCCCCCC/C=C/CCCCCCCCCCOC(=O)c1ccc(S(=O)(=O)[O-])cc1C(=O)OCCCCCCCCCC/C=C/CCCCCCCC.[Ca+2]. The van der Waals surface area contributed by atoms with Gasteiger partial charge in [0.1, 0.15) is 20.2 Å². The predicted molar refractivity (Wildman–Crippen MR) is 470 cm³/mol. The third-order valence-corrected chi connectivity index (χ3v) is 22.7. The molecule has 0 aliphatic heterocycles. The molecule has 0 aliphatic carbocycles. The molecule has 0 bridgehead atoms. The van der Waals surface area contributed by atoms with Crippen LogP contribution in [0.3, 0.4) is 0 Å². The standard InChI is InChI=1S/2C48H82O7S.Ca/c2*1-3-5-7-9-11-13-15-17-19-21-23-25-27-29-31-33-35-37-41-54-47(49)45-40-39-44(56(51,52)53)43-46(45)48(50)55-42-38-36-34-32-30-28-26-24-22-20-18-16-14-12-10-8-6-4-2;/h2*17-20,39-40,43H,3-16,21-38,41-42H2,1-2H3,(H,51,52,53);/q;;+2/p-2/b2*19-17+,20-18+;. The molecule has 0 aromatic heterocycles. The molecule has 0 fully saturated rings. The minimum absolute atomic E-state index is 0. The first-order chi connectivity index (χ1) is 54.6. The van der Waals surface area contributed by atoms with Crippen LogP contribution in [0.1, 0.15) is 480 Å². The molecule has 0 unspecified atom stereocenters. The summed E-state index contributed by atoms with van der Waals surface area (Å²) in [6.45, 7) is 9.75. The molecule has 644 valence electrons. The molecule has 2 aromatic rings. The second kappa shape index (κ2) is 80.8. The van der Waals surface area contributed by atoms with Crippen LogP contribution in [0.4, 0.5) is 0 Å². The summed E-state index contributed by atoms with van der Waals surface area (Å²) in [5, 5.41) is 0. The first-order valence-electron chi connectivity index (χ1n) is 46.1. The van der Waals surface area contributed by atoms with Gasteiger partial charge in [-0.3, -0.25) is 0 Å². The summed E-state index contributed by atoms with van der Waals surface area (Å²) in [6, 6.07) is 6.27. The van der Waals surface area contributed by atoms with Gasteiger partial charge in [0.15, 0.2) is 0 Å². The number of unbranched alkanes of at least 4 members (excludes halogenated alkanes) is 56. The summed E-state index contributed by atoms with van der Waals surface area (Å²) in [4.78, 5) is 50.5. The van der Waals surface area contributed by atoms with Crippen LogP contribution in [0, 0.1) is 0 Å². The number of hydrogen-bond acceptors (Lipinski definition) is 14. The summed E-state index contributed by atoms with van der Waals surface area (Å²) in [5.41, 5.74) is -0.684. The molecule has 113 heavy (non-hydrogen) atoms. The Labute approximate surface area is 722 Å². The van der Waals surface area contributed by atoms with Crippen LogP contribution >= 0.6 is 0 Å². The fourth-order valence-corrected chi connectivity index (χ4v) is 14.8. The van der Waals surface area contributed by atoms with Crippen molar-refractivity contribution < 1.29 is 64.1 Å². The Morgan fingerprint density at radius 2 is 0.389 bits per heavy atom. The molecule has 0 atom stereocenters. The molecule has 2 rings (SSSR count). The Morgan fingerprint density at radius 1 is 0.239 bits per heavy atom. The quantitative estimate of drug-likeness (QED) is 0.0150. The van der Waals surface area contributed by atoms with Crippen LogP contribution in [-0.4, -0.2) is 114 Å². The van der Waals surface area contributed by atoms with E-state index in [1.54, 1.807) is 0 Å². The number of carbonyl (C=O) groups excluding carboxylic acids is 4. The van der Waals surface area contributed by atoms with Crippen molar-refractivity contribution >= 4 is 81.9 Å². The van der Waals surface area contributed by atoms with Crippen molar-refractivity contribution in [2.24, 2.45) is 0 Å². The van der Waals surface area contributed by atoms with Crippen molar-refractivity contribution in [3.63, 3.8) is 0 Å². The Balaban J connectivity index is 0.00000220. The molecule has 0 spiro atoms. The van der Waals surface area contributed by atoms with Gasteiger partial charge < -0.3 is 28.1 Å². The van der Waals surface area contributed by atoms with Crippen LogP contribution in [0.5, 0.6) is 0 Å². The van der Waals surface area contributed by atoms with E-state index < -0.39 is 53.9 Å². The van der Waals surface area contributed by atoms with Gasteiger partial charge in [-0.15, -0.1) is 0 Å². The maximum atomic E-state index is 12.9. The second-order valence-corrected chi connectivity index (χ2v) is 34.2. The van der Waals surface area contributed by atoms with E-state index in [0.717, 1.165) is 101 Å². The van der Waals surface area contributed by atoms with Gasteiger partial charge in [0.25, 0.3) is 0 Å². The third kappa shape index (κ3) is 67.9. The maximum Gasteiger partial charge on any atom is 2.00 e. The van der Waals surface area contributed by atoms with Crippen molar-refractivity contribution in [2.45, 2.75) is 448 Å². The molecular weight excluding hydrogens is 1480 g/mol. The van der Waals surface area contributed by atoms with Gasteiger partial charge in [-0.1, -0.05) is 359 Å². The summed E-state index contributed by atoms with van der Waals surface area (Å²) >= 11 is 0. The van der Waals surface area contributed by atoms with Crippen molar-refractivity contribution in [1.82, 2.24) is 0 Å². The van der Waals surface area contributed by atoms with Gasteiger partial charge in [-0.2, -0.15) is 0 Å². The van der Waals surface area contributed by atoms with Crippen LogP contribution < -0.4 is 0 Å². The molecule has 0 N–H and O–H groups in total. The van der Waals surface area contributed by atoms with E-state index in [4.69, 9.17) is 18.9 Å². The zero-order chi connectivity index (χ0) is 81.6. The number of hydrogen-bond donors (Lipinski definition) is 0. The van der Waals surface area contributed by atoms with E-state index in [2.05, 4.69) is 76.3 Å². The van der Waals surface area contributed by atoms with Gasteiger partial charge in [-0.25, -0.2) is 36.0 Å². The van der Waals surface area contributed by atoms with Crippen LogP contribution in [0.15, 0.2) is 94.8 Å². The van der Waals surface area contributed by atoms with Crippen LogP contribution in [0.2, 0.25) is 0 Å². The van der Waals surface area contributed by atoms with Gasteiger partial charge in [0, 0.05) is 0 Å². The van der Waals surface area contributed by atoms with Crippen molar-refractivity contribution in [2.75, 3.05) is 26.4 Å². The molecule has 0 amide bonds. The zero-order valence-electron chi connectivity index (χ0n) is 72.4. The largest absolute Gasteiger partial charge is 2.00 e. The molecule has 14 nitrogen and oxygen atoms in total. The number of allylic oxidation sites excluding steroid dienone is 8. The molecule has 17 heteroatoms. The smallest absolute Gasteiger partial charge is 0.744 e. The first kappa shape index (κ1) is 109. The van der Waals surface area contributed by atoms with Crippen molar-refractivity contribution in [3.8, 4) is 0 Å². The van der Waals surface area contributed by atoms with Crippen LogP contribution in [0.25, 0.3) is 0 Å². The van der Waals surface area contributed by atoms with Gasteiger partial charge in [0.05, 0.1) is 58.5 Å². The number of ether oxygens (including phenoxy) is 4. The van der Waals surface area contributed by atoms with Gasteiger partial charge in [0.2, 0.25) is 0 Å². The summed E-state index contributed by atoms with van der Waals surface area (Å²) in [6.07, 6.45) is 95.7. The average molecular weight is 1640 g/mol. The zero-order valence-corrected chi connectivity index (χ0v) is 76.2. The topological polar surface area (TPSA) is 220 Å². The molecule has 0 radical (unpaired) electrons. The van der Waals surface area contributed by atoms with Gasteiger partial charge >= 0.3 is 61.6 Å². The first-order valence-corrected chi connectivity index (χ1v) is 48.9. The van der Waals surface area contributed by atoms with Crippen molar-refractivity contribution in [1.29, 1.82) is 0 Å². The number of rotatable bonds is 78. The molecule has 0 aliphatic rings. The Kier molecular flexibility index (Phi) is 78.2. The molecule has 0 heterocycles. The molecule has 0 saturated carbocycles. The molecule has 0 saturated heterocycles. The normalized spacial score (nSPS) is 11.8. The second-order valence-electron chi connectivity index (χ2n) is 31.4. The number of carbonyl (C=O) groups is 4. The number of esters is 4. The van der Waals surface area contributed by atoms with E-state index in [1.165, 1.54) is 320 Å². The molecule has 2 aromatic carbocycles. The van der Waals surface area contributed by atoms with E-state index in [0.29, 0.717) is 25.7 Å². The summed E-state index contributed by atoms with van der Waals surface area (Å²) < 4.78 is 91.7.